The highest BCUT2D eigenvalue weighted by Gasteiger charge is 2.25. The van der Waals surface area contributed by atoms with E-state index in [1.165, 1.54) is 65.2 Å². The summed E-state index contributed by atoms with van der Waals surface area (Å²) in [6.45, 7) is 0. The molecule has 290 valence electrons. The van der Waals surface area contributed by atoms with Crippen LogP contribution in [0.3, 0.4) is 0 Å². The molecule has 0 N–H and O–H groups in total. The minimum absolute atomic E-state index is 1.09. The van der Waals surface area contributed by atoms with Crippen LogP contribution in [-0.2, 0) is 0 Å². The quantitative estimate of drug-likeness (QED) is 0.143. The Morgan fingerprint density at radius 3 is 1.00 bits per heavy atom. The van der Waals surface area contributed by atoms with Crippen LogP contribution in [0.4, 0.5) is 34.1 Å². The van der Waals surface area contributed by atoms with Crippen LogP contribution in [0.5, 0.6) is 0 Å². The van der Waals surface area contributed by atoms with Gasteiger partial charge in [0.15, 0.2) is 0 Å². The molecule has 13 rings (SSSR count). The molecule has 0 bridgehead atoms. The first-order valence-corrected chi connectivity index (χ1v) is 21.3. The molecular formula is C58H38N4. The molecular weight excluding hydrogens is 753 g/mol. The fourth-order valence-corrected chi connectivity index (χ4v) is 10.2. The number of aromatic nitrogens is 2. The molecule has 0 unspecified atom stereocenters. The molecule has 4 heteroatoms. The van der Waals surface area contributed by atoms with Gasteiger partial charge >= 0.3 is 0 Å². The van der Waals surface area contributed by atoms with E-state index in [2.05, 4.69) is 249 Å². The van der Waals surface area contributed by atoms with Gasteiger partial charge in [0.2, 0.25) is 0 Å². The number of hydrogen-bond acceptors (Lipinski definition) is 2. The molecule has 0 radical (unpaired) electrons. The van der Waals surface area contributed by atoms with Crippen LogP contribution in [0.15, 0.2) is 231 Å². The van der Waals surface area contributed by atoms with E-state index in [1.54, 1.807) is 0 Å². The second-order valence-electron chi connectivity index (χ2n) is 16.1. The fourth-order valence-electron chi connectivity index (χ4n) is 10.2. The lowest BCUT2D eigenvalue weighted by Gasteiger charge is -2.29. The van der Waals surface area contributed by atoms with E-state index >= 15 is 0 Å². The summed E-state index contributed by atoms with van der Waals surface area (Å²) in [5, 5.41) is 10.1. The molecule has 13 aromatic rings. The Hall–Kier alpha value is -8.34. The first-order valence-electron chi connectivity index (χ1n) is 21.3. The molecule has 2 aromatic heterocycles. The maximum Gasteiger partial charge on any atom is 0.0548 e. The number of benzene rings is 11. The molecule has 0 atom stereocenters. The first kappa shape index (κ1) is 34.5. The summed E-state index contributed by atoms with van der Waals surface area (Å²) in [4.78, 5) is 4.82. The van der Waals surface area contributed by atoms with Gasteiger partial charge in [-0.2, -0.15) is 0 Å². The van der Waals surface area contributed by atoms with Crippen molar-refractivity contribution in [3.8, 4) is 11.4 Å². The molecule has 0 amide bonds. The van der Waals surface area contributed by atoms with E-state index in [4.69, 9.17) is 0 Å². The smallest absolute Gasteiger partial charge is 0.0548 e. The van der Waals surface area contributed by atoms with E-state index in [-0.39, 0.29) is 0 Å². The van der Waals surface area contributed by atoms with E-state index in [9.17, 15) is 0 Å². The molecule has 0 aliphatic rings. The van der Waals surface area contributed by atoms with Crippen LogP contribution < -0.4 is 9.80 Å². The summed E-state index contributed by atoms with van der Waals surface area (Å²) in [6, 6.07) is 83.8. The zero-order valence-corrected chi connectivity index (χ0v) is 33.7. The molecule has 0 fully saturated rings. The van der Waals surface area contributed by atoms with E-state index < -0.39 is 0 Å². The van der Waals surface area contributed by atoms with Crippen molar-refractivity contribution in [2.75, 3.05) is 9.80 Å². The standard InChI is InChI=1S/C58H38N4/c1-5-17-41(18-6-1)59(49-35-37-53-57-47(49)33-27-39-15-13-25-51(55(39)57)61(53)43-21-9-3-10-22-43)45-29-31-46(32-30-45)60(42-19-7-2-8-20-42)50-36-38-54-58-48(50)34-28-40-16-14-26-52(56(40)58)62(54)44-23-11-4-12-24-44/h1-38H. The van der Waals surface area contributed by atoms with Crippen LogP contribution in [-0.4, -0.2) is 9.13 Å². The second kappa shape index (κ2) is 13.6. The minimum atomic E-state index is 1.09. The number of anilines is 6. The monoisotopic (exact) mass is 790 g/mol. The summed E-state index contributed by atoms with van der Waals surface area (Å²) < 4.78 is 4.82. The highest BCUT2D eigenvalue weighted by Crippen LogP contribution is 2.48. The Balaban J connectivity index is 0.992. The van der Waals surface area contributed by atoms with Gasteiger partial charge in [-0.3, -0.25) is 0 Å². The van der Waals surface area contributed by atoms with Gasteiger partial charge in [-0.25, -0.2) is 0 Å². The van der Waals surface area contributed by atoms with Crippen molar-refractivity contribution >= 4 is 99.3 Å². The van der Waals surface area contributed by atoms with Crippen molar-refractivity contribution in [2.45, 2.75) is 0 Å². The summed E-state index contributed by atoms with van der Waals surface area (Å²) in [5.74, 6) is 0. The van der Waals surface area contributed by atoms with Gasteiger partial charge in [0.05, 0.1) is 33.4 Å². The van der Waals surface area contributed by atoms with Crippen LogP contribution in [0, 0.1) is 0 Å². The maximum absolute atomic E-state index is 2.41. The highest BCUT2D eigenvalue weighted by atomic mass is 15.2. The van der Waals surface area contributed by atoms with Gasteiger partial charge in [-0.15, -0.1) is 0 Å². The Bertz CT molecular complexity index is 3470. The molecule has 62 heavy (non-hydrogen) atoms. The maximum atomic E-state index is 2.41. The first-order chi connectivity index (χ1) is 30.8. The molecule has 11 aromatic carbocycles. The Morgan fingerprint density at radius 1 is 0.242 bits per heavy atom. The Morgan fingerprint density at radius 2 is 0.597 bits per heavy atom. The normalized spacial score (nSPS) is 11.9. The molecule has 4 nitrogen and oxygen atoms in total. The van der Waals surface area contributed by atoms with Crippen molar-refractivity contribution in [1.82, 2.24) is 9.13 Å². The van der Waals surface area contributed by atoms with Crippen LogP contribution in [0.25, 0.3) is 76.5 Å². The lowest BCUT2D eigenvalue weighted by molar-refractivity contribution is 1.18. The van der Waals surface area contributed by atoms with Gasteiger partial charge in [0, 0.05) is 66.4 Å². The number of hydrogen-bond donors (Lipinski definition) is 0. The zero-order chi connectivity index (χ0) is 40.7. The third kappa shape index (κ3) is 5.07. The van der Waals surface area contributed by atoms with E-state index in [0.717, 1.165) is 45.5 Å². The molecule has 0 spiro atoms. The topological polar surface area (TPSA) is 16.3 Å². The molecule has 0 saturated heterocycles. The second-order valence-corrected chi connectivity index (χ2v) is 16.1. The minimum Gasteiger partial charge on any atom is -0.310 e. The van der Waals surface area contributed by atoms with Gasteiger partial charge in [0.25, 0.3) is 0 Å². The highest BCUT2D eigenvalue weighted by molar-refractivity contribution is 6.28. The predicted octanol–water partition coefficient (Wildman–Crippen LogP) is 16.0. The van der Waals surface area contributed by atoms with Crippen molar-refractivity contribution < 1.29 is 0 Å². The van der Waals surface area contributed by atoms with Crippen molar-refractivity contribution in [3.63, 3.8) is 0 Å². The van der Waals surface area contributed by atoms with Crippen LogP contribution >= 0.6 is 0 Å². The number of rotatable bonds is 8. The molecule has 2 heterocycles. The van der Waals surface area contributed by atoms with Gasteiger partial charge in [-0.1, -0.05) is 121 Å². The summed E-state index contributed by atoms with van der Waals surface area (Å²) >= 11 is 0. The third-order valence-electron chi connectivity index (χ3n) is 12.8. The molecule has 0 aliphatic carbocycles. The summed E-state index contributed by atoms with van der Waals surface area (Å²) in [7, 11) is 0. The average molecular weight is 791 g/mol. The average Bonchev–Trinajstić information content (AvgIpc) is 3.87. The van der Waals surface area contributed by atoms with Crippen molar-refractivity contribution in [2.24, 2.45) is 0 Å². The SMILES string of the molecule is c1ccc(N(c2ccc(N(c3ccccc3)c3ccc4c5c3ccc3cccc(c35)n4-c3ccccc3)cc2)c2ccc3c4c2ccc2cccc(c24)n3-c2ccccc2)cc1. The van der Waals surface area contributed by atoms with Crippen molar-refractivity contribution in [3.05, 3.63) is 231 Å². The van der Waals surface area contributed by atoms with Gasteiger partial charge in [0.1, 0.15) is 0 Å². The fraction of sp³-hybridized carbons (Fsp3) is 0. The lowest BCUT2D eigenvalue weighted by atomic mass is 9.99. The lowest BCUT2D eigenvalue weighted by Crippen LogP contribution is -2.12. The number of nitrogens with zero attached hydrogens (tertiary/aromatic N) is 4. The zero-order valence-electron chi connectivity index (χ0n) is 33.7. The third-order valence-corrected chi connectivity index (χ3v) is 12.8. The van der Waals surface area contributed by atoms with E-state index in [0.29, 0.717) is 0 Å². The van der Waals surface area contributed by atoms with Crippen molar-refractivity contribution in [1.29, 1.82) is 0 Å². The van der Waals surface area contributed by atoms with Gasteiger partial charge < -0.3 is 18.9 Å². The van der Waals surface area contributed by atoms with Crippen LogP contribution in [0.1, 0.15) is 0 Å². The van der Waals surface area contributed by atoms with E-state index in [1.807, 2.05) is 0 Å². The largest absolute Gasteiger partial charge is 0.310 e. The van der Waals surface area contributed by atoms with Crippen LogP contribution in [0.2, 0.25) is 0 Å². The summed E-state index contributed by atoms with van der Waals surface area (Å²) in [6.07, 6.45) is 0. The predicted molar refractivity (Wildman–Crippen MR) is 262 cm³/mol. The Labute approximate surface area is 358 Å². The summed E-state index contributed by atoms with van der Waals surface area (Å²) in [5.41, 5.74) is 13.8. The number of para-hydroxylation sites is 4. The molecule has 0 aliphatic heterocycles. The Kier molecular flexibility index (Phi) is 7.57. The van der Waals surface area contributed by atoms with Gasteiger partial charge in [-0.05, 0) is 120 Å². The molecule has 0 saturated carbocycles.